The lowest BCUT2D eigenvalue weighted by Crippen LogP contribution is -2.37. The summed E-state index contributed by atoms with van der Waals surface area (Å²) in [5.41, 5.74) is 5.70. The maximum Gasteiger partial charge on any atom is 0.231 e. The molecule has 5 heteroatoms. The summed E-state index contributed by atoms with van der Waals surface area (Å²) in [5.74, 6) is -0.225. The van der Waals surface area contributed by atoms with E-state index in [1.807, 2.05) is 6.07 Å². The molecule has 0 atom stereocenters. The van der Waals surface area contributed by atoms with Crippen molar-refractivity contribution in [3.05, 3.63) is 28.8 Å². The number of benzene rings is 1. The van der Waals surface area contributed by atoms with Gasteiger partial charge in [-0.25, -0.2) is 0 Å². The van der Waals surface area contributed by atoms with E-state index in [2.05, 4.69) is 5.32 Å². The summed E-state index contributed by atoms with van der Waals surface area (Å²) in [6.45, 7) is 3.71. The smallest absolute Gasteiger partial charge is 0.231 e. The first-order valence-corrected chi connectivity index (χ1v) is 5.49. The van der Waals surface area contributed by atoms with Gasteiger partial charge in [-0.2, -0.15) is 5.26 Å². The summed E-state index contributed by atoms with van der Waals surface area (Å²) in [6, 6.07) is 6.68. The number of carbonyl (C=O) groups excluding carboxylic acids is 1. The molecule has 1 aromatic rings. The molecule has 4 nitrogen and oxygen atoms in total. The molecule has 0 spiro atoms. The quantitative estimate of drug-likeness (QED) is 0.864. The molecule has 0 aliphatic rings. The molecule has 0 saturated heterocycles. The molecule has 17 heavy (non-hydrogen) atoms. The molecule has 0 radical (unpaired) electrons. The van der Waals surface area contributed by atoms with Crippen LogP contribution in [0.1, 0.15) is 19.4 Å². The van der Waals surface area contributed by atoms with E-state index in [-0.39, 0.29) is 12.5 Å². The number of nitrogens with one attached hydrogen (secondary N) is 1. The van der Waals surface area contributed by atoms with Crippen LogP contribution in [0.3, 0.4) is 0 Å². The van der Waals surface area contributed by atoms with Gasteiger partial charge in [0.25, 0.3) is 0 Å². The first kappa shape index (κ1) is 13.5. The van der Waals surface area contributed by atoms with Crippen LogP contribution in [0, 0.1) is 16.7 Å². The van der Waals surface area contributed by atoms with E-state index in [9.17, 15) is 4.79 Å². The summed E-state index contributed by atoms with van der Waals surface area (Å²) < 4.78 is 0. The Kier molecular flexibility index (Phi) is 4.11. The SMILES string of the molecule is CC(C)(CN)C(=O)Nc1cc(C#N)ccc1Cl. The maximum absolute atomic E-state index is 11.9. The third kappa shape index (κ3) is 3.19. The molecule has 0 fully saturated rings. The summed E-state index contributed by atoms with van der Waals surface area (Å²) in [6.07, 6.45) is 0. The maximum atomic E-state index is 11.9. The molecule has 90 valence electrons. The van der Waals surface area contributed by atoms with Gasteiger partial charge in [-0.1, -0.05) is 11.6 Å². The van der Waals surface area contributed by atoms with Crippen LogP contribution in [0.4, 0.5) is 5.69 Å². The molecule has 1 amide bonds. The Hall–Kier alpha value is -1.57. The number of hydrogen-bond donors (Lipinski definition) is 2. The lowest BCUT2D eigenvalue weighted by atomic mass is 9.92. The number of hydrogen-bond acceptors (Lipinski definition) is 3. The zero-order chi connectivity index (χ0) is 13.1. The lowest BCUT2D eigenvalue weighted by molar-refractivity contribution is -0.123. The second kappa shape index (κ2) is 5.17. The Morgan fingerprint density at radius 2 is 2.24 bits per heavy atom. The van der Waals surface area contributed by atoms with Gasteiger partial charge in [0.15, 0.2) is 0 Å². The van der Waals surface area contributed by atoms with Crippen molar-refractivity contribution in [3.8, 4) is 6.07 Å². The molecule has 0 aliphatic carbocycles. The molecule has 0 heterocycles. The minimum Gasteiger partial charge on any atom is -0.329 e. The molecule has 0 saturated carbocycles. The Balaban J connectivity index is 2.96. The van der Waals surface area contributed by atoms with E-state index < -0.39 is 5.41 Å². The highest BCUT2D eigenvalue weighted by Gasteiger charge is 2.26. The highest BCUT2D eigenvalue weighted by atomic mass is 35.5. The Labute approximate surface area is 105 Å². The van der Waals surface area contributed by atoms with Crippen LogP contribution in [0.15, 0.2) is 18.2 Å². The van der Waals surface area contributed by atoms with Gasteiger partial charge in [-0.15, -0.1) is 0 Å². The standard InChI is InChI=1S/C12H14ClN3O/c1-12(2,7-15)11(17)16-10-5-8(6-14)3-4-9(10)13/h3-5H,7,15H2,1-2H3,(H,16,17). The second-order valence-electron chi connectivity index (χ2n) is 4.35. The van der Waals surface area contributed by atoms with Gasteiger partial charge in [0.2, 0.25) is 5.91 Å². The normalized spacial score (nSPS) is 10.8. The van der Waals surface area contributed by atoms with E-state index in [0.29, 0.717) is 16.3 Å². The van der Waals surface area contributed by atoms with Crippen LogP contribution in [0.5, 0.6) is 0 Å². The zero-order valence-corrected chi connectivity index (χ0v) is 10.5. The number of nitriles is 1. The Morgan fingerprint density at radius 3 is 2.76 bits per heavy atom. The molecular weight excluding hydrogens is 238 g/mol. The van der Waals surface area contributed by atoms with Crippen LogP contribution in [0.25, 0.3) is 0 Å². The van der Waals surface area contributed by atoms with Gasteiger partial charge in [0.05, 0.1) is 27.8 Å². The molecule has 1 rings (SSSR count). The molecule has 1 aromatic carbocycles. The van der Waals surface area contributed by atoms with Crippen molar-refractivity contribution in [2.45, 2.75) is 13.8 Å². The van der Waals surface area contributed by atoms with Crippen LogP contribution in [0.2, 0.25) is 5.02 Å². The van der Waals surface area contributed by atoms with E-state index >= 15 is 0 Å². The first-order valence-electron chi connectivity index (χ1n) is 5.12. The van der Waals surface area contributed by atoms with Gasteiger partial charge in [-0.05, 0) is 32.0 Å². The van der Waals surface area contributed by atoms with Crippen molar-refractivity contribution < 1.29 is 4.79 Å². The minimum absolute atomic E-state index is 0.225. The molecule has 3 N–H and O–H groups in total. The van der Waals surface area contributed by atoms with E-state index in [0.717, 1.165) is 0 Å². The predicted octanol–water partition coefficient (Wildman–Crippen LogP) is 2.14. The first-order chi connectivity index (χ1) is 7.90. The van der Waals surface area contributed by atoms with Crippen molar-refractivity contribution >= 4 is 23.2 Å². The fourth-order valence-electron chi connectivity index (χ4n) is 1.07. The van der Waals surface area contributed by atoms with Gasteiger partial charge in [-0.3, -0.25) is 4.79 Å². The molecule has 0 aliphatic heterocycles. The van der Waals surface area contributed by atoms with E-state index in [1.165, 1.54) is 6.07 Å². The van der Waals surface area contributed by atoms with Crippen molar-refractivity contribution in [3.63, 3.8) is 0 Å². The molecular formula is C12H14ClN3O. The van der Waals surface area contributed by atoms with Crippen LogP contribution in [-0.4, -0.2) is 12.5 Å². The summed E-state index contributed by atoms with van der Waals surface area (Å²) in [4.78, 5) is 11.9. The van der Waals surface area contributed by atoms with Crippen molar-refractivity contribution in [1.29, 1.82) is 5.26 Å². The lowest BCUT2D eigenvalue weighted by Gasteiger charge is -2.21. The summed E-state index contributed by atoms with van der Waals surface area (Å²) in [7, 11) is 0. The van der Waals surface area contributed by atoms with Gasteiger partial charge in [0, 0.05) is 6.54 Å². The number of nitrogens with zero attached hydrogens (tertiary/aromatic N) is 1. The number of nitrogens with two attached hydrogens (primary N) is 1. The monoisotopic (exact) mass is 251 g/mol. The number of carbonyl (C=O) groups is 1. The van der Waals surface area contributed by atoms with E-state index in [4.69, 9.17) is 22.6 Å². The number of halogens is 1. The van der Waals surface area contributed by atoms with Crippen molar-refractivity contribution in [1.82, 2.24) is 0 Å². The predicted molar refractivity (Wildman–Crippen MR) is 67.6 cm³/mol. The fraction of sp³-hybridized carbons (Fsp3) is 0.333. The highest BCUT2D eigenvalue weighted by Crippen LogP contribution is 2.25. The van der Waals surface area contributed by atoms with Crippen molar-refractivity contribution in [2.24, 2.45) is 11.1 Å². The summed E-state index contributed by atoms with van der Waals surface area (Å²) >= 11 is 5.94. The third-order valence-corrected chi connectivity index (χ3v) is 2.80. The average Bonchev–Trinajstić information content (AvgIpc) is 2.31. The minimum atomic E-state index is -0.675. The van der Waals surface area contributed by atoms with Crippen LogP contribution >= 0.6 is 11.6 Å². The largest absolute Gasteiger partial charge is 0.329 e. The van der Waals surface area contributed by atoms with Crippen LogP contribution < -0.4 is 11.1 Å². The molecule has 0 aromatic heterocycles. The topological polar surface area (TPSA) is 78.9 Å². The highest BCUT2D eigenvalue weighted by molar-refractivity contribution is 6.33. The third-order valence-electron chi connectivity index (χ3n) is 2.47. The van der Waals surface area contributed by atoms with Crippen molar-refractivity contribution in [2.75, 3.05) is 11.9 Å². The Morgan fingerprint density at radius 1 is 1.59 bits per heavy atom. The number of rotatable bonds is 3. The fourth-order valence-corrected chi connectivity index (χ4v) is 1.24. The average molecular weight is 252 g/mol. The zero-order valence-electron chi connectivity index (χ0n) is 9.75. The van der Waals surface area contributed by atoms with E-state index in [1.54, 1.807) is 26.0 Å². The second-order valence-corrected chi connectivity index (χ2v) is 4.76. The van der Waals surface area contributed by atoms with Crippen LogP contribution in [-0.2, 0) is 4.79 Å². The molecule has 0 unspecified atom stereocenters. The number of anilines is 1. The Bertz CT molecular complexity index is 477. The van der Waals surface area contributed by atoms with Gasteiger partial charge >= 0.3 is 0 Å². The number of amides is 1. The van der Waals surface area contributed by atoms with Gasteiger partial charge < -0.3 is 11.1 Å². The van der Waals surface area contributed by atoms with Gasteiger partial charge in [0.1, 0.15) is 0 Å². The molecule has 0 bridgehead atoms. The summed E-state index contributed by atoms with van der Waals surface area (Å²) in [5, 5.41) is 11.8.